The first-order valence-corrected chi connectivity index (χ1v) is 29.6. The highest BCUT2D eigenvalue weighted by atomic mass is 19.1. The summed E-state index contributed by atoms with van der Waals surface area (Å²) in [6.45, 7) is 2.12. The van der Waals surface area contributed by atoms with Gasteiger partial charge in [-0.05, 0) is 223 Å². The van der Waals surface area contributed by atoms with Crippen LogP contribution < -0.4 is 25.8 Å². The number of para-hydroxylation sites is 2. The van der Waals surface area contributed by atoms with E-state index < -0.39 is 0 Å². The van der Waals surface area contributed by atoms with Gasteiger partial charge in [-0.15, -0.1) is 0 Å². The number of rotatable bonds is 17. The summed E-state index contributed by atoms with van der Waals surface area (Å²) in [4.78, 5) is 41.8. The smallest absolute Gasteiger partial charge is 0.257 e. The van der Waals surface area contributed by atoms with Gasteiger partial charge in [-0.2, -0.15) is 0 Å². The molecule has 0 bridgehead atoms. The molecule has 2 aromatic heterocycles. The maximum absolute atomic E-state index is 13.7. The fraction of sp³-hybridized carbons (Fsp3) is 0.400. The minimum atomic E-state index is -0.202. The molecule has 7 aromatic rings. The van der Waals surface area contributed by atoms with E-state index in [0.29, 0.717) is 46.0 Å². The fourth-order valence-electron chi connectivity index (χ4n) is 12.2. The third-order valence-electron chi connectivity index (χ3n) is 17.7. The highest BCUT2D eigenvalue weighted by Crippen LogP contribution is 2.39. The van der Waals surface area contributed by atoms with E-state index in [1.807, 2.05) is 66.7 Å². The number of amides is 2. The van der Waals surface area contributed by atoms with Gasteiger partial charge in [0.05, 0.1) is 0 Å². The molecular weight excluding hydrogens is 1040 g/mol. The van der Waals surface area contributed by atoms with E-state index in [1.54, 1.807) is 48.8 Å². The molecule has 13 heteroatoms. The number of benzene rings is 5. The summed E-state index contributed by atoms with van der Waals surface area (Å²) in [6, 6.07) is 52.9. The lowest BCUT2D eigenvalue weighted by molar-refractivity contribution is 0.0765. The summed E-state index contributed by atoms with van der Waals surface area (Å²) in [5.41, 5.74) is 12.4. The molecule has 5 aromatic carbocycles. The van der Waals surface area contributed by atoms with Crippen molar-refractivity contribution in [2.24, 2.45) is 5.73 Å². The number of halogens is 1. The van der Waals surface area contributed by atoms with E-state index in [2.05, 4.69) is 139 Å². The maximum atomic E-state index is 13.7. The van der Waals surface area contributed by atoms with Crippen LogP contribution in [0, 0.1) is 12.7 Å². The van der Waals surface area contributed by atoms with Crippen molar-refractivity contribution in [2.75, 3.05) is 42.3 Å². The van der Waals surface area contributed by atoms with Gasteiger partial charge < -0.3 is 40.5 Å². The Morgan fingerprint density at radius 3 is 1.28 bits per heavy atom. The molecule has 3 fully saturated rings. The molecule has 0 saturated heterocycles. The van der Waals surface area contributed by atoms with Crippen molar-refractivity contribution in [1.82, 2.24) is 35.3 Å². The second-order valence-electron chi connectivity index (χ2n) is 23.9. The Morgan fingerprint density at radius 1 is 0.494 bits per heavy atom. The van der Waals surface area contributed by atoms with E-state index in [1.165, 1.54) is 35.6 Å². The van der Waals surface area contributed by atoms with Gasteiger partial charge in [-0.1, -0.05) is 109 Å². The van der Waals surface area contributed by atoms with Crippen LogP contribution in [0.1, 0.15) is 120 Å². The topological polar surface area (TPSA) is 138 Å². The van der Waals surface area contributed by atoms with Crippen molar-refractivity contribution in [2.45, 2.75) is 138 Å². The Balaban J connectivity index is 0.000000171. The number of aryl methyl sites for hydroxylation is 1. The Hall–Kier alpha value is -7.29. The van der Waals surface area contributed by atoms with Crippen LogP contribution in [0.5, 0.6) is 23.3 Å². The second-order valence-corrected chi connectivity index (χ2v) is 23.9. The Bertz CT molecular complexity index is 3100. The Kier molecular flexibility index (Phi) is 21.8. The lowest BCUT2D eigenvalue weighted by atomic mass is 9.74. The van der Waals surface area contributed by atoms with Gasteiger partial charge in [0.15, 0.2) is 0 Å². The normalized spacial score (nSPS) is 22.3. The molecule has 83 heavy (non-hydrogen) atoms. The van der Waals surface area contributed by atoms with Crippen LogP contribution >= 0.6 is 0 Å². The largest absolute Gasteiger partial charge is 0.438 e. The van der Waals surface area contributed by atoms with Crippen LogP contribution in [0.15, 0.2) is 176 Å². The number of nitrogens with one attached hydrogen (secondary N) is 2. The maximum Gasteiger partial charge on any atom is 0.257 e. The molecule has 4 N–H and O–H groups in total. The predicted molar refractivity (Wildman–Crippen MR) is 332 cm³/mol. The third-order valence-corrected chi connectivity index (χ3v) is 17.7. The van der Waals surface area contributed by atoms with Crippen molar-refractivity contribution in [3.8, 4) is 23.3 Å². The van der Waals surface area contributed by atoms with Crippen LogP contribution in [0.4, 0.5) is 4.39 Å². The molecule has 0 unspecified atom stereocenters. The Morgan fingerprint density at radius 2 is 0.867 bits per heavy atom. The number of aromatic nitrogens is 2. The first kappa shape index (κ1) is 61.8. The number of carbonyl (C=O) groups excluding carboxylic acids is 2. The number of ether oxygens (including phenoxy) is 2. The molecule has 10 rings (SSSR count). The lowest BCUT2D eigenvalue weighted by Gasteiger charge is -2.45. The van der Waals surface area contributed by atoms with E-state index in [-0.39, 0.29) is 40.8 Å². The monoisotopic (exact) mass is 1120 g/mol. The van der Waals surface area contributed by atoms with Crippen molar-refractivity contribution >= 4 is 11.8 Å². The summed E-state index contributed by atoms with van der Waals surface area (Å²) in [5, 5.41) is 6.41. The zero-order chi connectivity index (χ0) is 58.8. The quantitative estimate of drug-likeness (QED) is 0.0808. The van der Waals surface area contributed by atoms with E-state index in [9.17, 15) is 14.0 Å². The summed E-state index contributed by atoms with van der Waals surface area (Å²) in [6.07, 6.45) is 18.5. The molecule has 0 radical (unpaired) electrons. The number of nitrogens with zero attached hydrogens (tertiary/aromatic N) is 5. The van der Waals surface area contributed by atoms with E-state index in [0.717, 1.165) is 89.0 Å². The molecule has 2 heterocycles. The van der Waals surface area contributed by atoms with Crippen molar-refractivity contribution < 1.29 is 23.5 Å². The lowest BCUT2D eigenvalue weighted by Crippen LogP contribution is -2.52. The zero-order valence-electron chi connectivity index (χ0n) is 49.9. The average molecular weight is 1120 g/mol. The van der Waals surface area contributed by atoms with Crippen LogP contribution in [0.3, 0.4) is 0 Å². The minimum Gasteiger partial charge on any atom is -0.438 e. The van der Waals surface area contributed by atoms with Gasteiger partial charge in [0.2, 0.25) is 11.8 Å². The number of likely N-dealkylation sites (N-methyl/N-ethyl adjacent to an activating group) is 3. The van der Waals surface area contributed by atoms with Gasteiger partial charge in [0.1, 0.15) is 28.4 Å². The number of hydrogen-bond donors (Lipinski definition) is 3. The third kappa shape index (κ3) is 17.2. The van der Waals surface area contributed by atoms with Gasteiger partial charge in [0.25, 0.3) is 11.8 Å². The van der Waals surface area contributed by atoms with Crippen LogP contribution in [-0.2, 0) is 19.3 Å². The van der Waals surface area contributed by atoms with Crippen LogP contribution in [0.2, 0.25) is 0 Å². The molecule has 438 valence electrons. The summed E-state index contributed by atoms with van der Waals surface area (Å²) < 4.78 is 25.4. The SMILES string of the molecule is CN(C)C1(Cc2cccc(F)c2)CCC(NC(=O)c2cccnc2Oc2ccccc2)CC1.CN(C)C1(Cc2ccccc2)CCC(N)CC1.Cc1ccc(CC2(N(C)C)CCC(NC(=O)c3cccnc3Oc3ccccc3)CC2)cc1. The predicted octanol–water partition coefficient (Wildman–Crippen LogP) is 13.1. The number of carbonyl (C=O) groups is 2. The number of nitrogens with two attached hydrogens (primary N) is 1. The minimum absolute atomic E-state index is 0.0507. The number of pyridine rings is 2. The summed E-state index contributed by atoms with van der Waals surface area (Å²) in [7, 11) is 12.9. The molecule has 0 aliphatic heterocycles. The first-order chi connectivity index (χ1) is 40.0. The standard InChI is InChI=1S/C28H33N3O2.C27H30FN3O2.C15H24N2/c1-21-11-13-22(14-12-21)20-28(31(2)3)17-15-23(16-18-28)30-26(32)25-10-7-19-29-27(25)33-24-8-5-4-6-9-24;1-31(2)27(19-20-8-6-9-21(28)18-20)15-13-22(14-16-27)30-25(32)24-12-7-17-29-26(24)33-23-10-4-3-5-11-23;1-17(2)15(10-8-14(16)9-11-15)12-13-6-4-3-5-7-13/h4-14,19,23H,15-18,20H2,1-3H3,(H,30,32);3-12,17-18,22H,13-16,19H2,1-2H3,(H,30,32);3-7,14H,8-12,16H2,1-2H3. The molecule has 2 amide bonds. The molecule has 12 nitrogen and oxygen atoms in total. The van der Waals surface area contributed by atoms with E-state index in [4.69, 9.17) is 15.2 Å². The van der Waals surface area contributed by atoms with Crippen molar-refractivity contribution in [1.29, 1.82) is 0 Å². The fourth-order valence-corrected chi connectivity index (χ4v) is 12.2. The van der Waals surface area contributed by atoms with Crippen molar-refractivity contribution in [3.05, 3.63) is 215 Å². The molecule has 0 spiro atoms. The zero-order valence-corrected chi connectivity index (χ0v) is 49.9. The number of hydrogen-bond acceptors (Lipinski definition) is 10. The van der Waals surface area contributed by atoms with Gasteiger partial charge >= 0.3 is 0 Å². The summed E-state index contributed by atoms with van der Waals surface area (Å²) in [5.74, 6) is 1.42. The second kappa shape index (κ2) is 29.3. The molecule has 3 aliphatic rings. The highest BCUT2D eigenvalue weighted by Gasteiger charge is 2.40. The molecule has 0 atom stereocenters. The highest BCUT2D eigenvalue weighted by molar-refractivity contribution is 5.97. The Labute approximate surface area is 493 Å². The molecule has 3 aliphatic carbocycles. The van der Waals surface area contributed by atoms with Crippen LogP contribution in [0.25, 0.3) is 0 Å². The summed E-state index contributed by atoms with van der Waals surface area (Å²) >= 11 is 0. The van der Waals surface area contributed by atoms with Gasteiger partial charge in [0, 0.05) is 47.1 Å². The van der Waals surface area contributed by atoms with E-state index >= 15 is 0 Å². The molecule has 3 saturated carbocycles. The molecular formula is C70H87FN8O4. The van der Waals surface area contributed by atoms with Gasteiger partial charge in [-0.3, -0.25) is 9.59 Å². The average Bonchev–Trinajstić information content (AvgIpc) is 3.65. The first-order valence-electron chi connectivity index (χ1n) is 29.6. The van der Waals surface area contributed by atoms with Crippen LogP contribution in [-0.4, -0.2) is 114 Å². The van der Waals surface area contributed by atoms with Gasteiger partial charge in [-0.25, -0.2) is 14.4 Å². The van der Waals surface area contributed by atoms with Crippen molar-refractivity contribution in [3.63, 3.8) is 0 Å².